The van der Waals surface area contributed by atoms with Crippen LogP contribution in [0.1, 0.15) is 20.9 Å². The second-order valence-electron chi connectivity index (χ2n) is 7.94. The maximum atomic E-state index is 12.9. The number of hydrogen-bond donors (Lipinski definition) is 2. The molecule has 3 heterocycles. The van der Waals surface area contributed by atoms with Crippen LogP contribution >= 0.6 is 22.7 Å². The molecule has 0 aliphatic rings. The van der Waals surface area contributed by atoms with Gasteiger partial charge in [-0.15, -0.1) is 11.3 Å². The molecule has 5 rings (SSSR count). The second-order valence-corrected chi connectivity index (χ2v) is 10.4. The Bertz CT molecular complexity index is 1610. The van der Waals surface area contributed by atoms with Gasteiger partial charge in [-0.2, -0.15) is 5.10 Å². The number of thiophene rings is 1. The zero-order valence-corrected chi connectivity index (χ0v) is 20.4. The third kappa shape index (κ3) is 4.25. The number of benzene rings is 2. The Kier molecular flexibility index (Phi) is 5.77. The van der Waals surface area contributed by atoms with Crippen molar-refractivity contribution in [2.45, 2.75) is 20.8 Å². The van der Waals surface area contributed by atoms with Crippen LogP contribution in [0.25, 0.3) is 32.7 Å². The van der Waals surface area contributed by atoms with Gasteiger partial charge >= 0.3 is 5.63 Å². The Balaban J connectivity index is 1.58. The first-order valence-corrected chi connectivity index (χ1v) is 12.2. The Morgan fingerprint density at radius 1 is 1.03 bits per heavy atom. The lowest BCUT2D eigenvalue weighted by Crippen LogP contribution is -2.02. The normalized spacial score (nSPS) is 11.5. The van der Waals surface area contributed by atoms with E-state index in [0.717, 1.165) is 26.3 Å². The molecule has 5 aromatic rings. The van der Waals surface area contributed by atoms with Crippen molar-refractivity contribution < 1.29 is 9.52 Å². The molecule has 0 saturated carbocycles. The van der Waals surface area contributed by atoms with Crippen molar-refractivity contribution in [1.29, 1.82) is 0 Å². The number of para-hydroxylation sites is 1. The molecule has 0 spiro atoms. The molecule has 0 saturated heterocycles. The number of rotatable bonds is 5. The topological polar surface area (TPSA) is 87.7 Å². The van der Waals surface area contributed by atoms with Gasteiger partial charge < -0.3 is 9.52 Å². The number of phenolic OH excluding ortho intramolecular Hbond substituents is 1. The molecular formula is C26H21N3O3S2. The molecule has 0 unspecified atom stereocenters. The maximum Gasteiger partial charge on any atom is 0.345 e. The molecular weight excluding hydrogens is 466 g/mol. The van der Waals surface area contributed by atoms with Gasteiger partial charge in [0.1, 0.15) is 11.3 Å². The van der Waals surface area contributed by atoms with Crippen LogP contribution in [-0.4, -0.2) is 16.3 Å². The van der Waals surface area contributed by atoms with E-state index in [-0.39, 0.29) is 5.75 Å². The average molecular weight is 488 g/mol. The summed E-state index contributed by atoms with van der Waals surface area (Å²) in [4.78, 5) is 20.7. The number of aromatic hydroxyl groups is 1. The number of aromatic nitrogens is 1. The summed E-state index contributed by atoms with van der Waals surface area (Å²) in [6.45, 7) is 6.01. The van der Waals surface area contributed by atoms with Crippen molar-refractivity contribution >= 4 is 45.0 Å². The summed E-state index contributed by atoms with van der Waals surface area (Å²) in [7, 11) is 0. The van der Waals surface area contributed by atoms with E-state index in [2.05, 4.69) is 23.5 Å². The first-order chi connectivity index (χ1) is 16.4. The second kappa shape index (κ2) is 8.89. The number of thiazole rings is 1. The first kappa shape index (κ1) is 22.1. The SMILES string of the molecule is Cc1ccc(/C=N/Nc2nc(-c3cc(C)sc3C)c(-c3cc4ccccc4oc3=O)s2)c(O)c1. The zero-order valence-electron chi connectivity index (χ0n) is 18.7. The smallest absolute Gasteiger partial charge is 0.345 e. The van der Waals surface area contributed by atoms with E-state index in [4.69, 9.17) is 9.40 Å². The van der Waals surface area contributed by atoms with Crippen LogP contribution in [0, 0.1) is 20.8 Å². The van der Waals surface area contributed by atoms with Crippen LogP contribution in [0.15, 0.2) is 68.9 Å². The molecule has 0 fully saturated rings. The highest BCUT2D eigenvalue weighted by Gasteiger charge is 2.21. The lowest BCUT2D eigenvalue weighted by Gasteiger charge is -2.03. The van der Waals surface area contributed by atoms with Gasteiger partial charge in [0.15, 0.2) is 0 Å². The number of fused-ring (bicyclic) bond motifs is 1. The van der Waals surface area contributed by atoms with Crippen molar-refractivity contribution in [2.75, 3.05) is 5.43 Å². The van der Waals surface area contributed by atoms with Gasteiger partial charge in [0.25, 0.3) is 0 Å². The molecule has 6 nitrogen and oxygen atoms in total. The van der Waals surface area contributed by atoms with Gasteiger partial charge in [0.05, 0.1) is 22.3 Å². The van der Waals surface area contributed by atoms with Crippen LogP contribution < -0.4 is 11.1 Å². The molecule has 0 atom stereocenters. The van der Waals surface area contributed by atoms with E-state index >= 15 is 0 Å². The monoisotopic (exact) mass is 487 g/mol. The van der Waals surface area contributed by atoms with E-state index in [1.165, 1.54) is 16.2 Å². The standard InChI is InChI=1S/C26H21N3O3S2/c1-14-8-9-18(21(30)10-14)13-27-29-26-28-23(19-11-15(2)33-16(19)3)24(34-26)20-12-17-6-4-5-7-22(17)32-25(20)31/h4-13,30H,1-3H3,(H,28,29)/b27-13+. The fraction of sp³-hybridized carbons (Fsp3) is 0.115. The Morgan fingerprint density at radius 2 is 1.85 bits per heavy atom. The average Bonchev–Trinajstić information content (AvgIpc) is 3.36. The molecule has 0 aliphatic heterocycles. The zero-order chi connectivity index (χ0) is 23.8. The molecule has 0 bridgehead atoms. The largest absolute Gasteiger partial charge is 0.507 e. The molecule has 0 radical (unpaired) electrons. The van der Waals surface area contributed by atoms with Crippen molar-refractivity contribution in [2.24, 2.45) is 5.10 Å². The molecule has 0 aliphatic carbocycles. The van der Waals surface area contributed by atoms with Gasteiger partial charge in [0, 0.05) is 26.3 Å². The highest BCUT2D eigenvalue weighted by molar-refractivity contribution is 7.19. The summed E-state index contributed by atoms with van der Waals surface area (Å²) in [6, 6.07) is 16.8. The molecule has 8 heteroatoms. The maximum absolute atomic E-state index is 12.9. The highest BCUT2D eigenvalue weighted by Crippen LogP contribution is 2.41. The van der Waals surface area contributed by atoms with Crippen LogP contribution in [0.2, 0.25) is 0 Å². The minimum atomic E-state index is -0.409. The fourth-order valence-electron chi connectivity index (χ4n) is 3.74. The molecule has 170 valence electrons. The molecule has 2 N–H and O–H groups in total. The number of nitrogens with one attached hydrogen (secondary N) is 1. The van der Waals surface area contributed by atoms with E-state index < -0.39 is 5.63 Å². The van der Waals surface area contributed by atoms with E-state index in [1.54, 1.807) is 35.8 Å². The summed E-state index contributed by atoms with van der Waals surface area (Å²) in [5, 5.41) is 15.7. The summed E-state index contributed by atoms with van der Waals surface area (Å²) in [5.74, 6) is 0.157. The third-order valence-corrected chi connectivity index (χ3v) is 7.32. The van der Waals surface area contributed by atoms with Crippen molar-refractivity contribution in [3.05, 3.63) is 85.9 Å². The predicted octanol–water partition coefficient (Wildman–Crippen LogP) is 6.72. The van der Waals surface area contributed by atoms with Gasteiger partial charge in [-0.1, -0.05) is 35.6 Å². The minimum absolute atomic E-state index is 0.157. The van der Waals surface area contributed by atoms with Crippen molar-refractivity contribution in [1.82, 2.24) is 4.98 Å². The lowest BCUT2D eigenvalue weighted by molar-refractivity contribution is 0.474. The lowest BCUT2D eigenvalue weighted by atomic mass is 10.1. The van der Waals surface area contributed by atoms with Gasteiger partial charge in [-0.3, -0.25) is 5.43 Å². The summed E-state index contributed by atoms with van der Waals surface area (Å²) in [5.41, 5.74) is 6.80. The van der Waals surface area contributed by atoms with Gasteiger partial charge in [-0.25, -0.2) is 9.78 Å². The highest BCUT2D eigenvalue weighted by atomic mass is 32.1. The number of anilines is 1. The number of aryl methyl sites for hydroxylation is 3. The van der Waals surface area contributed by atoms with E-state index in [1.807, 2.05) is 44.2 Å². The number of nitrogens with zero attached hydrogens (tertiary/aromatic N) is 2. The quantitative estimate of drug-likeness (QED) is 0.163. The predicted molar refractivity (Wildman–Crippen MR) is 140 cm³/mol. The Hall–Kier alpha value is -3.75. The molecule has 0 amide bonds. The van der Waals surface area contributed by atoms with Crippen LogP contribution in [0.5, 0.6) is 5.75 Å². The van der Waals surface area contributed by atoms with E-state index in [0.29, 0.717) is 27.5 Å². The summed E-state index contributed by atoms with van der Waals surface area (Å²) in [6.07, 6.45) is 1.54. The van der Waals surface area contributed by atoms with Crippen LogP contribution in [0.4, 0.5) is 5.13 Å². The number of hydrazone groups is 1. The third-order valence-electron chi connectivity index (χ3n) is 5.36. The number of hydrogen-bond acceptors (Lipinski definition) is 8. The Labute approximate surface area is 203 Å². The van der Waals surface area contributed by atoms with Crippen molar-refractivity contribution in [3.8, 4) is 27.4 Å². The molecule has 34 heavy (non-hydrogen) atoms. The van der Waals surface area contributed by atoms with Crippen LogP contribution in [-0.2, 0) is 0 Å². The number of phenols is 1. The Morgan fingerprint density at radius 3 is 2.62 bits per heavy atom. The van der Waals surface area contributed by atoms with Crippen molar-refractivity contribution in [3.63, 3.8) is 0 Å². The first-order valence-electron chi connectivity index (χ1n) is 10.6. The fourth-order valence-corrected chi connectivity index (χ4v) is 5.60. The minimum Gasteiger partial charge on any atom is -0.507 e. The van der Waals surface area contributed by atoms with E-state index in [9.17, 15) is 9.90 Å². The van der Waals surface area contributed by atoms with Gasteiger partial charge in [0.2, 0.25) is 5.13 Å². The van der Waals surface area contributed by atoms with Crippen LogP contribution in [0.3, 0.4) is 0 Å². The summed E-state index contributed by atoms with van der Waals surface area (Å²) < 4.78 is 5.59. The summed E-state index contributed by atoms with van der Waals surface area (Å²) >= 11 is 3.02. The molecule has 2 aromatic carbocycles. The van der Waals surface area contributed by atoms with Gasteiger partial charge in [-0.05, 0) is 56.7 Å². The molecule has 3 aromatic heterocycles.